The van der Waals surface area contributed by atoms with Gasteiger partial charge < -0.3 is 5.32 Å². The SMILES string of the molecule is C=C(C)C[C@@H](c1cccnc1Cl)N1CCNCC1. The molecule has 1 aromatic heterocycles. The third-order valence-electron chi connectivity index (χ3n) is 3.28. The molecule has 1 N–H and O–H groups in total. The molecule has 0 unspecified atom stereocenters. The molecular formula is C14H20ClN3. The molecule has 0 spiro atoms. The Morgan fingerprint density at radius 2 is 2.28 bits per heavy atom. The van der Waals surface area contributed by atoms with Crippen molar-refractivity contribution in [1.29, 1.82) is 0 Å². The number of hydrogen-bond donors (Lipinski definition) is 1. The van der Waals surface area contributed by atoms with E-state index in [4.69, 9.17) is 11.6 Å². The minimum atomic E-state index is 0.297. The number of nitrogens with one attached hydrogen (secondary N) is 1. The van der Waals surface area contributed by atoms with Crippen LogP contribution in [-0.2, 0) is 0 Å². The van der Waals surface area contributed by atoms with E-state index < -0.39 is 0 Å². The number of piperazine rings is 1. The van der Waals surface area contributed by atoms with Crippen LogP contribution in [0.15, 0.2) is 30.5 Å². The maximum absolute atomic E-state index is 6.24. The topological polar surface area (TPSA) is 28.2 Å². The van der Waals surface area contributed by atoms with Crippen LogP contribution >= 0.6 is 11.6 Å². The summed E-state index contributed by atoms with van der Waals surface area (Å²) in [4.78, 5) is 6.66. The van der Waals surface area contributed by atoms with Gasteiger partial charge in [-0.05, 0) is 19.4 Å². The van der Waals surface area contributed by atoms with Gasteiger partial charge in [-0.2, -0.15) is 0 Å². The van der Waals surface area contributed by atoms with Crippen LogP contribution in [0, 0.1) is 0 Å². The lowest BCUT2D eigenvalue weighted by molar-refractivity contribution is 0.172. The van der Waals surface area contributed by atoms with Crippen LogP contribution in [0.5, 0.6) is 0 Å². The number of hydrogen-bond acceptors (Lipinski definition) is 3. The molecule has 2 rings (SSSR count). The van der Waals surface area contributed by atoms with E-state index >= 15 is 0 Å². The number of rotatable bonds is 4. The Balaban J connectivity index is 2.24. The van der Waals surface area contributed by atoms with E-state index in [1.807, 2.05) is 6.07 Å². The van der Waals surface area contributed by atoms with Gasteiger partial charge in [0.15, 0.2) is 0 Å². The smallest absolute Gasteiger partial charge is 0.133 e. The van der Waals surface area contributed by atoms with Crippen molar-refractivity contribution in [3.05, 3.63) is 41.2 Å². The van der Waals surface area contributed by atoms with Crippen molar-refractivity contribution in [2.24, 2.45) is 0 Å². The predicted molar refractivity (Wildman–Crippen MR) is 75.9 cm³/mol. The molecule has 4 heteroatoms. The largest absolute Gasteiger partial charge is 0.314 e. The van der Waals surface area contributed by atoms with E-state index in [2.05, 4.69) is 34.8 Å². The Labute approximate surface area is 114 Å². The molecular weight excluding hydrogens is 246 g/mol. The van der Waals surface area contributed by atoms with Crippen LogP contribution in [0.3, 0.4) is 0 Å². The highest BCUT2D eigenvalue weighted by Gasteiger charge is 2.24. The van der Waals surface area contributed by atoms with Gasteiger partial charge in [0.1, 0.15) is 5.15 Å². The van der Waals surface area contributed by atoms with Gasteiger partial charge in [-0.3, -0.25) is 4.90 Å². The maximum atomic E-state index is 6.24. The van der Waals surface area contributed by atoms with Gasteiger partial charge in [-0.25, -0.2) is 4.98 Å². The molecule has 18 heavy (non-hydrogen) atoms. The lowest BCUT2D eigenvalue weighted by Crippen LogP contribution is -2.45. The zero-order valence-electron chi connectivity index (χ0n) is 10.8. The van der Waals surface area contributed by atoms with E-state index in [0.29, 0.717) is 11.2 Å². The summed E-state index contributed by atoms with van der Waals surface area (Å²) in [7, 11) is 0. The van der Waals surface area contributed by atoms with Crippen LogP contribution in [-0.4, -0.2) is 36.1 Å². The number of nitrogens with zero attached hydrogens (tertiary/aromatic N) is 2. The summed E-state index contributed by atoms with van der Waals surface area (Å²) in [6, 6.07) is 4.32. The van der Waals surface area contributed by atoms with Crippen molar-refractivity contribution in [2.75, 3.05) is 26.2 Å². The second-order valence-electron chi connectivity index (χ2n) is 4.85. The summed E-state index contributed by atoms with van der Waals surface area (Å²) in [5.74, 6) is 0. The fourth-order valence-electron chi connectivity index (χ4n) is 2.41. The summed E-state index contributed by atoms with van der Waals surface area (Å²) >= 11 is 6.24. The zero-order valence-corrected chi connectivity index (χ0v) is 11.6. The number of aromatic nitrogens is 1. The molecule has 0 bridgehead atoms. The van der Waals surface area contributed by atoms with E-state index in [0.717, 1.165) is 38.2 Å². The molecule has 1 aliphatic heterocycles. The third-order valence-corrected chi connectivity index (χ3v) is 3.60. The van der Waals surface area contributed by atoms with Crippen molar-refractivity contribution in [3.63, 3.8) is 0 Å². The van der Waals surface area contributed by atoms with Gasteiger partial charge in [0.05, 0.1) is 0 Å². The summed E-state index contributed by atoms with van der Waals surface area (Å²) in [5, 5.41) is 3.99. The van der Waals surface area contributed by atoms with Crippen LogP contribution in [0.1, 0.15) is 24.9 Å². The van der Waals surface area contributed by atoms with Crippen molar-refractivity contribution in [2.45, 2.75) is 19.4 Å². The van der Waals surface area contributed by atoms with Gasteiger partial charge in [-0.15, -0.1) is 6.58 Å². The lowest BCUT2D eigenvalue weighted by Gasteiger charge is -2.35. The van der Waals surface area contributed by atoms with Crippen molar-refractivity contribution < 1.29 is 0 Å². The molecule has 0 aliphatic carbocycles. The molecule has 0 radical (unpaired) electrons. The van der Waals surface area contributed by atoms with Crippen molar-refractivity contribution in [1.82, 2.24) is 15.2 Å². The van der Waals surface area contributed by atoms with Crippen molar-refractivity contribution >= 4 is 11.6 Å². The number of pyridine rings is 1. The standard InChI is InChI=1S/C14H20ClN3/c1-11(2)10-13(18-8-6-16-7-9-18)12-4-3-5-17-14(12)15/h3-5,13,16H,1,6-10H2,2H3/t13-/m0/s1. The first-order valence-corrected chi connectivity index (χ1v) is 6.76. The Hall–Kier alpha value is -0.900. The molecule has 1 aromatic rings. The maximum Gasteiger partial charge on any atom is 0.133 e. The van der Waals surface area contributed by atoms with Crippen molar-refractivity contribution in [3.8, 4) is 0 Å². The fraction of sp³-hybridized carbons (Fsp3) is 0.500. The molecule has 1 atom stereocenters. The summed E-state index contributed by atoms with van der Waals surface area (Å²) in [6.07, 6.45) is 2.67. The van der Waals surface area contributed by atoms with Crippen LogP contribution in [0.25, 0.3) is 0 Å². The van der Waals surface area contributed by atoms with E-state index in [-0.39, 0.29) is 0 Å². The average Bonchev–Trinajstić information content (AvgIpc) is 2.38. The van der Waals surface area contributed by atoms with E-state index in [9.17, 15) is 0 Å². The molecule has 2 heterocycles. The first-order chi connectivity index (χ1) is 8.68. The first kappa shape index (κ1) is 13.5. The Kier molecular flexibility index (Phi) is 4.75. The van der Waals surface area contributed by atoms with Gasteiger partial charge in [-0.1, -0.05) is 23.2 Å². The van der Waals surface area contributed by atoms with Gasteiger partial charge in [0.25, 0.3) is 0 Å². The highest BCUT2D eigenvalue weighted by molar-refractivity contribution is 6.30. The second kappa shape index (κ2) is 6.32. The average molecular weight is 266 g/mol. The van der Waals surface area contributed by atoms with Gasteiger partial charge in [0, 0.05) is 44.0 Å². The normalized spacial score (nSPS) is 18.6. The second-order valence-corrected chi connectivity index (χ2v) is 5.20. The van der Waals surface area contributed by atoms with Crippen LogP contribution in [0.2, 0.25) is 5.15 Å². The minimum Gasteiger partial charge on any atom is -0.314 e. The quantitative estimate of drug-likeness (QED) is 0.670. The molecule has 0 saturated carbocycles. The Morgan fingerprint density at radius 3 is 2.89 bits per heavy atom. The zero-order chi connectivity index (χ0) is 13.0. The fourth-order valence-corrected chi connectivity index (χ4v) is 2.65. The highest BCUT2D eigenvalue weighted by Crippen LogP contribution is 2.31. The molecule has 1 fully saturated rings. The van der Waals surface area contributed by atoms with Gasteiger partial charge >= 0.3 is 0 Å². The highest BCUT2D eigenvalue weighted by atomic mass is 35.5. The molecule has 0 amide bonds. The monoisotopic (exact) mass is 265 g/mol. The van der Waals surface area contributed by atoms with Crippen LogP contribution in [0.4, 0.5) is 0 Å². The first-order valence-electron chi connectivity index (χ1n) is 6.38. The Morgan fingerprint density at radius 1 is 1.56 bits per heavy atom. The minimum absolute atomic E-state index is 0.297. The molecule has 3 nitrogen and oxygen atoms in total. The van der Waals surface area contributed by atoms with E-state index in [1.54, 1.807) is 6.20 Å². The summed E-state index contributed by atoms with van der Waals surface area (Å²) in [5.41, 5.74) is 2.29. The summed E-state index contributed by atoms with van der Waals surface area (Å²) in [6.45, 7) is 10.3. The molecule has 0 aromatic carbocycles. The van der Waals surface area contributed by atoms with Crippen LogP contribution < -0.4 is 5.32 Å². The molecule has 98 valence electrons. The summed E-state index contributed by atoms with van der Waals surface area (Å²) < 4.78 is 0. The molecule has 1 saturated heterocycles. The number of halogens is 1. The Bertz CT molecular complexity index is 413. The lowest BCUT2D eigenvalue weighted by atomic mass is 9.99. The van der Waals surface area contributed by atoms with E-state index in [1.165, 1.54) is 5.57 Å². The predicted octanol–water partition coefficient (Wildman–Crippen LogP) is 2.65. The van der Waals surface area contributed by atoms with Gasteiger partial charge in [0.2, 0.25) is 0 Å². The third kappa shape index (κ3) is 3.31. The molecule has 1 aliphatic rings.